The number of hydrogen-bond acceptors (Lipinski definition) is 2. The number of anilines is 4. The molecule has 4 heteroatoms. The Morgan fingerprint density at radius 3 is 0.950 bits per heavy atom. The van der Waals surface area contributed by atoms with Crippen molar-refractivity contribution in [2.45, 2.75) is 0 Å². The third-order valence-corrected chi connectivity index (χ3v) is 12.1. The van der Waals surface area contributed by atoms with Crippen molar-refractivity contribution in [1.82, 2.24) is 0 Å². The minimum atomic E-state index is -0.760. The summed E-state index contributed by atoms with van der Waals surface area (Å²) in [4.78, 5) is 0. The predicted octanol–water partition coefficient (Wildman–Crippen LogP) is 7.00. The fourth-order valence-electron chi connectivity index (χ4n) is 5.36. The molecule has 6 aromatic rings. The van der Waals surface area contributed by atoms with Gasteiger partial charge in [0.2, 0.25) is 0 Å². The third-order valence-electron chi connectivity index (χ3n) is 7.14. The number of benzene rings is 6. The molecule has 0 atom stereocenters. The number of rotatable bonds is 6. The first-order valence-corrected chi connectivity index (χ1v) is 16.2. The molecule has 40 heavy (non-hydrogen) atoms. The van der Waals surface area contributed by atoms with Crippen LogP contribution in [-0.2, 0) is 0 Å². The van der Waals surface area contributed by atoms with Gasteiger partial charge in [0.1, 0.15) is 0 Å². The van der Waals surface area contributed by atoms with Crippen LogP contribution >= 0.6 is 15.8 Å². The van der Waals surface area contributed by atoms with E-state index < -0.39 is 15.8 Å². The Labute approximate surface area is 238 Å². The zero-order chi connectivity index (χ0) is 26.7. The standard InChI is InChI=1S/C36H28N2P2/c1-5-15-27(16-6-1)39(28-17-7-2-8-18-28)33-25-13-23-31-35(33)38-36-32(37-31)24-14-26-34(36)40(29-19-9-3-10-20-29)30-21-11-4-12-22-30/h1-26,37-38H. The van der Waals surface area contributed by atoms with E-state index in [9.17, 15) is 0 Å². The summed E-state index contributed by atoms with van der Waals surface area (Å²) in [6.07, 6.45) is 0. The Morgan fingerprint density at radius 2 is 0.625 bits per heavy atom. The van der Waals surface area contributed by atoms with Crippen molar-refractivity contribution >= 4 is 70.4 Å². The second kappa shape index (κ2) is 11.1. The van der Waals surface area contributed by atoms with E-state index in [1.807, 2.05) is 0 Å². The maximum Gasteiger partial charge on any atom is 0.0709 e. The van der Waals surface area contributed by atoms with Gasteiger partial charge in [-0.1, -0.05) is 146 Å². The largest absolute Gasteiger partial charge is 0.352 e. The minimum absolute atomic E-state index is 0.760. The molecule has 1 aliphatic heterocycles. The van der Waals surface area contributed by atoms with Crippen LogP contribution in [0.2, 0.25) is 0 Å². The first kappa shape index (κ1) is 24.8. The molecule has 0 aromatic heterocycles. The molecule has 2 nitrogen and oxygen atoms in total. The highest BCUT2D eigenvalue weighted by atomic mass is 31.1. The maximum absolute atomic E-state index is 3.99. The Bertz CT molecular complexity index is 1530. The molecule has 7 rings (SSSR count). The lowest BCUT2D eigenvalue weighted by Gasteiger charge is -2.32. The number of nitrogens with one attached hydrogen (secondary N) is 2. The van der Waals surface area contributed by atoms with Gasteiger partial charge in [-0.15, -0.1) is 0 Å². The van der Waals surface area contributed by atoms with E-state index in [-0.39, 0.29) is 0 Å². The molecule has 0 fully saturated rings. The van der Waals surface area contributed by atoms with Crippen LogP contribution in [0.3, 0.4) is 0 Å². The van der Waals surface area contributed by atoms with Crippen molar-refractivity contribution in [3.8, 4) is 0 Å². The van der Waals surface area contributed by atoms with Gasteiger partial charge in [-0.05, 0) is 49.2 Å². The van der Waals surface area contributed by atoms with Crippen LogP contribution in [0.5, 0.6) is 0 Å². The van der Waals surface area contributed by atoms with Crippen molar-refractivity contribution in [2.75, 3.05) is 10.6 Å². The lowest BCUT2D eigenvalue weighted by molar-refractivity contribution is 1.48. The molecule has 0 saturated heterocycles. The predicted molar refractivity (Wildman–Crippen MR) is 177 cm³/mol. The summed E-state index contributed by atoms with van der Waals surface area (Å²) in [6, 6.07) is 57.0. The van der Waals surface area contributed by atoms with Gasteiger partial charge in [-0.25, -0.2) is 0 Å². The smallest absolute Gasteiger partial charge is 0.0709 e. The van der Waals surface area contributed by atoms with Crippen LogP contribution in [0, 0.1) is 0 Å². The van der Waals surface area contributed by atoms with E-state index in [1.165, 1.54) is 31.8 Å². The van der Waals surface area contributed by atoms with Crippen LogP contribution in [0.25, 0.3) is 0 Å². The minimum Gasteiger partial charge on any atom is -0.352 e. The highest BCUT2D eigenvalue weighted by Crippen LogP contribution is 2.46. The van der Waals surface area contributed by atoms with Gasteiger partial charge in [-0.2, -0.15) is 0 Å². The molecule has 0 unspecified atom stereocenters. The van der Waals surface area contributed by atoms with E-state index in [0.717, 1.165) is 22.7 Å². The van der Waals surface area contributed by atoms with Crippen molar-refractivity contribution in [3.05, 3.63) is 158 Å². The molecule has 192 valence electrons. The van der Waals surface area contributed by atoms with E-state index >= 15 is 0 Å². The fraction of sp³-hybridized carbons (Fsp3) is 0. The zero-order valence-electron chi connectivity index (χ0n) is 21.9. The van der Waals surface area contributed by atoms with E-state index in [0.29, 0.717) is 0 Å². The molecule has 0 radical (unpaired) electrons. The molecule has 0 spiro atoms. The average Bonchev–Trinajstić information content (AvgIpc) is 3.03. The molecular formula is C36H28N2P2. The highest BCUT2D eigenvalue weighted by molar-refractivity contribution is 7.80. The van der Waals surface area contributed by atoms with Crippen LogP contribution in [0.1, 0.15) is 0 Å². The summed E-state index contributed by atoms with van der Waals surface area (Å²) < 4.78 is 0. The Kier molecular flexibility index (Phi) is 6.88. The van der Waals surface area contributed by atoms with E-state index in [2.05, 4.69) is 168 Å². The molecule has 1 aliphatic rings. The van der Waals surface area contributed by atoms with Crippen LogP contribution in [-0.4, -0.2) is 0 Å². The van der Waals surface area contributed by atoms with Gasteiger partial charge in [-0.3, -0.25) is 0 Å². The molecule has 2 N–H and O–H groups in total. The fourth-order valence-corrected chi connectivity index (χ4v) is 10.2. The van der Waals surface area contributed by atoms with Crippen molar-refractivity contribution in [1.29, 1.82) is 0 Å². The number of hydrogen-bond donors (Lipinski definition) is 2. The van der Waals surface area contributed by atoms with E-state index in [4.69, 9.17) is 0 Å². The lowest BCUT2D eigenvalue weighted by Crippen LogP contribution is -2.28. The van der Waals surface area contributed by atoms with Gasteiger partial charge in [0.15, 0.2) is 0 Å². The molecule has 0 aliphatic carbocycles. The van der Waals surface area contributed by atoms with Gasteiger partial charge in [0.25, 0.3) is 0 Å². The third kappa shape index (κ3) is 4.71. The summed E-state index contributed by atoms with van der Waals surface area (Å²) in [5, 5.41) is 15.8. The number of para-hydroxylation sites is 2. The summed E-state index contributed by atoms with van der Waals surface area (Å²) in [5.41, 5.74) is 4.56. The topological polar surface area (TPSA) is 24.1 Å². The first-order chi connectivity index (χ1) is 19.9. The van der Waals surface area contributed by atoms with Gasteiger partial charge >= 0.3 is 0 Å². The van der Waals surface area contributed by atoms with E-state index in [1.54, 1.807) is 0 Å². The van der Waals surface area contributed by atoms with Gasteiger partial charge in [0, 0.05) is 10.6 Å². The Hall–Kier alpha value is -4.22. The van der Waals surface area contributed by atoms with Crippen LogP contribution in [0.4, 0.5) is 22.7 Å². The molecule has 0 saturated carbocycles. The zero-order valence-corrected chi connectivity index (χ0v) is 23.7. The Balaban J connectivity index is 1.39. The molecule has 0 amide bonds. The van der Waals surface area contributed by atoms with Gasteiger partial charge < -0.3 is 10.6 Å². The second-order valence-corrected chi connectivity index (χ2v) is 14.0. The van der Waals surface area contributed by atoms with Crippen LogP contribution < -0.4 is 42.5 Å². The number of fused-ring (bicyclic) bond motifs is 2. The first-order valence-electron chi connectivity index (χ1n) is 13.5. The average molecular weight is 551 g/mol. The van der Waals surface area contributed by atoms with Crippen molar-refractivity contribution < 1.29 is 0 Å². The van der Waals surface area contributed by atoms with Crippen molar-refractivity contribution in [2.24, 2.45) is 0 Å². The van der Waals surface area contributed by atoms with Crippen molar-refractivity contribution in [3.63, 3.8) is 0 Å². The molecule has 0 bridgehead atoms. The summed E-state index contributed by atoms with van der Waals surface area (Å²) in [7, 11) is -1.52. The SMILES string of the molecule is c1ccc(P(c2ccccc2)c2cccc3c2Nc2c(cccc2P(c2ccccc2)c2ccccc2)N3)cc1. The highest BCUT2D eigenvalue weighted by Gasteiger charge is 2.28. The van der Waals surface area contributed by atoms with Crippen LogP contribution in [0.15, 0.2) is 158 Å². The Morgan fingerprint density at radius 1 is 0.300 bits per heavy atom. The second-order valence-electron chi connectivity index (χ2n) is 9.66. The summed E-state index contributed by atoms with van der Waals surface area (Å²) in [6.45, 7) is 0. The maximum atomic E-state index is 3.99. The van der Waals surface area contributed by atoms with Gasteiger partial charge in [0.05, 0.1) is 22.7 Å². The lowest BCUT2D eigenvalue weighted by atomic mass is 10.1. The molecular weight excluding hydrogens is 522 g/mol. The molecule has 1 heterocycles. The summed E-state index contributed by atoms with van der Waals surface area (Å²) >= 11 is 0. The normalized spacial score (nSPS) is 11.8. The summed E-state index contributed by atoms with van der Waals surface area (Å²) in [5.74, 6) is 0. The monoisotopic (exact) mass is 550 g/mol. The quantitative estimate of drug-likeness (QED) is 0.218. The molecule has 6 aromatic carbocycles.